The first-order chi connectivity index (χ1) is 7.11. The van der Waals surface area contributed by atoms with Crippen molar-refractivity contribution >= 4 is 17.7 Å². The summed E-state index contributed by atoms with van der Waals surface area (Å²) < 4.78 is 0. The molecule has 0 saturated carbocycles. The third-order valence-corrected chi connectivity index (χ3v) is 2.06. The van der Waals surface area contributed by atoms with Gasteiger partial charge in [0.1, 0.15) is 6.04 Å². The van der Waals surface area contributed by atoms with Crippen LogP contribution in [0, 0.1) is 11.3 Å². The van der Waals surface area contributed by atoms with E-state index in [4.69, 9.17) is 22.0 Å². The molecule has 0 saturated heterocycles. The molecule has 0 fully saturated rings. The maximum Gasteiger partial charge on any atom is 0.405 e. The molecule has 15 heavy (non-hydrogen) atoms. The molecule has 0 bridgehead atoms. The van der Waals surface area contributed by atoms with E-state index < -0.39 is 12.1 Å². The van der Waals surface area contributed by atoms with E-state index in [1.165, 1.54) is 0 Å². The number of hydrogen-bond acceptors (Lipinski definition) is 2. The number of halogens is 1. The van der Waals surface area contributed by atoms with E-state index in [1.807, 2.05) is 6.07 Å². The smallest absolute Gasteiger partial charge is 0.405 e. The summed E-state index contributed by atoms with van der Waals surface area (Å²) in [6.07, 6.45) is -0.865. The van der Waals surface area contributed by atoms with Crippen molar-refractivity contribution < 1.29 is 9.90 Å². The van der Waals surface area contributed by atoms with Gasteiger partial charge >= 0.3 is 6.09 Å². The zero-order valence-electron chi connectivity index (χ0n) is 7.77. The van der Waals surface area contributed by atoms with Gasteiger partial charge in [-0.25, -0.2) is 4.79 Å². The molecule has 0 aromatic heterocycles. The van der Waals surface area contributed by atoms with Crippen molar-refractivity contribution in [3.05, 3.63) is 34.9 Å². The molecule has 0 aliphatic heterocycles. The van der Waals surface area contributed by atoms with Gasteiger partial charge in [-0.05, 0) is 17.7 Å². The van der Waals surface area contributed by atoms with Crippen LogP contribution >= 0.6 is 11.6 Å². The van der Waals surface area contributed by atoms with Gasteiger partial charge in [0.15, 0.2) is 0 Å². The maximum atomic E-state index is 10.3. The first-order valence-corrected chi connectivity index (χ1v) is 4.63. The van der Waals surface area contributed by atoms with Gasteiger partial charge in [-0.2, -0.15) is 5.26 Å². The highest BCUT2D eigenvalue weighted by Gasteiger charge is 2.10. The van der Waals surface area contributed by atoms with Crippen LogP contribution in [0.1, 0.15) is 5.56 Å². The summed E-state index contributed by atoms with van der Waals surface area (Å²) in [7, 11) is 0. The fraction of sp³-hybridized carbons (Fsp3) is 0.200. The van der Waals surface area contributed by atoms with E-state index in [0.29, 0.717) is 11.4 Å². The molecule has 1 unspecified atom stereocenters. The number of nitrogens with one attached hydrogen (secondary N) is 1. The number of nitriles is 1. The topological polar surface area (TPSA) is 73.1 Å². The van der Waals surface area contributed by atoms with Crippen molar-refractivity contribution in [1.82, 2.24) is 5.32 Å². The second kappa shape index (κ2) is 5.23. The number of carboxylic acid groups (broad SMARTS) is 1. The Kier molecular flexibility index (Phi) is 3.95. The summed E-state index contributed by atoms with van der Waals surface area (Å²) in [6.45, 7) is 0. The van der Waals surface area contributed by atoms with Crippen LogP contribution in [0.5, 0.6) is 0 Å². The summed E-state index contributed by atoms with van der Waals surface area (Å²) in [5.41, 5.74) is 0.861. The highest BCUT2D eigenvalue weighted by molar-refractivity contribution is 6.30. The summed E-state index contributed by atoms with van der Waals surface area (Å²) in [4.78, 5) is 10.3. The van der Waals surface area contributed by atoms with Gasteiger partial charge in [0, 0.05) is 11.4 Å². The minimum absolute atomic E-state index is 0.333. The quantitative estimate of drug-likeness (QED) is 0.825. The molecule has 0 aliphatic carbocycles. The summed E-state index contributed by atoms with van der Waals surface area (Å²) in [6, 6.07) is 8.06. The van der Waals surface area contributed by atoms with E-state index in [9.17, 15) is 4.79 Å². The predicted octanol–water partition coefficient (Wildman–Crippen LogP) is 2.04. The van der Waals surface area contributed by atoms with Gasteiger partial charge in [-0.1, -0.05) is 23.7 Å². The monoisotopic (exact) mass is 224 g/mol. The number of rotatable bonds is 3. The van der Waals surface area contributed by atoms with Crippen molar-refractivity contribution in [1.29, 1.82) is 5.26 Å². The van der Waals surface area contributed by atoms with Crippen LogP contribution in [0.3, 0.4) is 0 Å². The Hall–Kier alpha value is -1.73. The zero-order chi connectivity index (χ0) is 11.3. The van der Waals surface area contributed by atoms with E-state index in [1.54, 1.807) is 24.3 Å². The minimum Gasteiger partial charge on any atom is -0.465 e. The molecular formula is C10H9ClN2O2. The van der Waals surface area contributed by atoms with Crippen LogP contribution in [-0.2, 0) is 6.42 Å². The number of carbonyl (C=O) groups is 1. The van der Waals surface area contributed by atoms with Gasteiger partial charge in [0.05, 0.1) is 6.07 Å². The van der Waals surface area contributed by atoms with Gasteiger partial charge in [0.2, 0.25) is 0 Å². The number of nitrogens with zero attached hydrogens (tertiary/aromatic N) is 1. The number of amides is 1. The van der Waals surface area contributed by atoms with Crippen LogP contribution < -0.4 is 5.32 Å². The molecule has 0 radical (unpaired) electrons. The zero-order valence-corrected chi connectivity index (χ0v) is 8.53. The average molecular weight is 225 g/mol. The lowest BCUT2D eigenvalue weighted by atomic mass is 10.1. The Morgan fingerprint density at radius 3 is 2.60 bits per heavy atom. The van der Waals surface area contributed by atoms with Gasteiger partial charge < -0.3 is 10.4 Å². The first kappa shape index (κ1) is 11.3. The Morgan fingerprint density at radius 2 is 2.13 bits per heavy atom. The normalized spacial score (nSPS) is 11.5. The van der Waals surface area contributed by atoms with Crippen LogP contribution in [0.4, 0.5) is 4.79 Å². The molecule has 1 amide bonds. The van der Waals surface area contributed by atoms with Gasteiger partial charge in [-0.3, -0.25) is 0 Å². The maximum absolute atomic E-state index is 10.3. The summed E-state index contributed by atoms with van der Waals surface area (Å²) >= 11 is 5.69. The highest BCUT2D eigenvalue weighted by Crippen LogP contribution is 2.10. The summed E-state index contributed by atoms with van der Waals surface area (Å²) in [5.74, 6) is 0. The van der Waals surface area contributed by atoms with E-state index >= 15 is 0 Å². The number of benzene rings is 1. The van der Waals surface area contributed by atoms with Crippen molar-refractivity contribution in [2.75, 3.05) is 0 Å². The van der Waals surface area contributed by atoms with Crippen LogP contribution in [-0.4, -0.2) is 17.2 Å². The van der Waals surface area contributed by atoms with E-state index in [0.717, 1.165) is 5.56 Å². The minimum atomic E-state index is -1.20. The Morgan fingerprint density at radius 1 is 1.53 bits per heavy atom. The molecule has 1 aromatic rings. The lowest BCUT2D eigenvalue weighted by Gasteiger charge is -2.08. The molecule has 0 heterocycles. The lowest BCUT2D eigenvalue weighted by molar-refractivity contribution is 0.192. The molecule has 0 aliphatic rings. The Balaban J connectivity index is 2.63. The second-order valence-corrected chi connectivity index (χ2v) is 3.40. The standard InChI is InChI=1S/C10H9ClN2O2/c11-8-3-1-7(2-4-8)5-9(6-12)13-10(14)15/h1-4,9,13H,5H2,(H,14,15). The van der Waals surface area contributed by atoms with Crippen molar-refractivity contribution in [3.8, 4) is 6.07 Å². The molecular weight excluding hydrogens is 216 g/mol. The number of hydrogen-bond donors (Lipinski definition) is 2. The predicted molar refractivity (Wildman–Crippen MR) is 55.7 cm³/mol. The third kappa shape index (κ3) is 3.88. The molecule has 0 spiro atoms. The van der Waals surface area contributed by atoms with Gasteiger partial charge in [0.25, 0.3) is 0 Å². The molecule has 1 rings (SSSR count). The van der Waals surface area contributed by atoms with Crippen LogP contribution in [0.2, 0.25) is 5.02 Å². The Labute approximate surface area is 92.1 Å². The molecule has 5 heteroatoms. The van der Waals surface area contributed by atoms with Crippen LogP contribution in [0.15, 0.2) is 24.3 Å². The first-order valence-electron chi connectivity index (χ1n) is 4.25. The highest BCUT2D eigenvalue weighted by atomic mass is 35.5. The van der Waals surface area contributed by atoms with Crippen molar-refractivity contribution in [2.45, 2.75) is 12.5 Å². The lowest BCUT2D eigenvalue weighted by Crippen LogP contribution is -2.33. The fourth-order valence-electron chi connectivity index (χ4n) is 1.13. The van der Waals surface area contributed by atoms with Crippen molar-refractivity contribution in [2.24, 2.45) is 0 Å². The third-order valence-electron chi connectivity index (χ3n) is 1.81. The Bertz CT molecular complexity index is 383. The van der Waals surface area contributed by atoms with Gasteiger partial charge in [-0.15, -0.1) is 0 Å². The average Bonchev–Trinajstić information content (AvgIpc) is 2.19. The van der Waals surface area contributed by atoms with E-state index in [-0.39, 0.29) is 0 Å². The summed E-state index contributed by atoms with van der Waals surface area (Å²) in [5, 5.41) is 19.9. The molecule has 78 valence electrons. The molecule has 2 N–H and O–H groups in total. The SMILES string of the molecule is N#CC(Cc1ccc(Cl)cc1)NC(=O)O. The second-order valence-electron chi connectivity index (χ2n) is 2.96. The van der Waals surface area contributed by atoms with Crippen molar-refractivity contribution in [3.63, 3.8) is 0 Å². The van der Waals surface area contributed by atoms with Crippen LogP contribution in [0.25, 0.3) is 0 Å². The van der Waals surface area contributed by atoms with E-state index in [2.05, 4.69) is 5.32 Å². The molecule has 1 aromatic carbocycles. The largest absolute Gasteiger partial charge is 0.465 e. The molecule has 4 nitrogen and oxygen atoms in total. The molecule has 1 atom stereocenters. The fourth-order valence-corrected chi connectivity index (χ4v) is 1.26.